The lowest BCUT2D eigenvalue weighted by molar-refractivity contribution is 0.0392. The van der Waals surface area contributed by atoms with Gasteiger partial charge in [-0.1, -0.05) is 6.07 Å². The zero-order valence-electron chi connectivity index (χ0n) is 13.1. The lowest BCUT2D eigenvalue weighted by Crippen LogP contribution is -2.39. The number of H-pyrrole nitrogens is 1. The Morgan fingerprint density at radius 3 is 2.96 bits per heavy atom. The lowest BCUT2D eigenvalue weighted by atomic mass is 10.1. The van der Waals surface area contributed by atoms with Crippen LogP contribution in [0.2, 0.25) is 0 Å². The largest absolute Gasteiger partial charge is 0.377 e. The van der Waals surface area contributed by atoms with E-state index in [2.05, 4.69) is 9.97 Å². The second kappa shape index (κ2) is 7.06. The molecule has 2 aromatic rings. The molecule has 0 spiro atoms. The summed E-state index contributed by atoms with van der Waals surface area (Å²) in [6.07, 6.45) is -0.430. The van der Waals surface area contributed by atoms with Gasteiger partial charge in [-0.2, -0.15) is 0 Å². The summed E-state index contributed by atoms with van der Waals surface area (Å²) in [5, 5.41) is 0. The summed E-state index contributed by atoms with van der Waals surface area (Å²) >= 11 is 0. The van der Waals surface area contributed by atoms with Crippen molar-refractivity contribution in [2.75, 3.05) is 31.7 Å². The van der Waals surface area contributed by atoms with Gasteiger partial charge in [0.15, 0.2) is 11.6 Å². The average molecular weight is 337 g/mol. The fraction of sp³-hybridized carbons (Fsp3) is 0.375. The first-order chi connectivity index (χ1) is 11.6. The van der Waals surface area contributed by atoms with Gasteiger partial charge in [-0.25, -0.2) is 13.8 Å². The second-order valence-corrected chi connectivity index (χ2v) is 5.46. The Balaban J connectivity index is 1.82. The summed E-state index contributed by atoms with van der Waals surface area (Å²) in [4.78, 5) is 20.6. The fourth-order valence-corrected chi connectivity index (χ4v) is 2.63. The topological polar surface area (TPSA) is 67.5 Å². The number of anilines is 1. The number of benzene rings is 1. The molecule has 1 saturated heterocycles. The van der Waals surface area contributed by atoms with E-state index in [0.29, 0.717) is 36.9 Å². The highest BCUT2D eigenvalue weighted by molar-refractivity contribution is 5.39. The number of nitrogens with one attached hydrogen (secondary N) is 1. The minimum atomic E-state index is -0.912. The molecule has 0 saturated carbocycles. The molecule has 8 heteroatoms. The Kier molecular flexibility index (Phi) is 4.86. The van der Waals surface area contributed by atoms with Crippen LogP contribution in [-0.2, 0) is 16.1 Å². The van der Waals surface area contributed by atoms with E-state index in [1.807, 2.05) is 4.90 Å². The number of nitrogens with zero attached hydrogens (tertiary/aromatic N) is 2. The highest BCUT2D eigenvalue weighted by Gasteiger charge is 2.24. The van der Waals surface area contributed by atoms with Gasteiger partial charge in [0.05, 0.1) is 6.61 Å². The summed E-state index contributed by atoms with van der Waals surface area (Å²) < 4.78 is 37.1. The first-order valence-corrected chi connectivity index (χ1v) is 7.47. The van der Waals surface area contributed by atoms with E-state index in [1.165, 1.54) is 19.2 Å². The van der Waals surface area contributed by atoms with E-state index in [0.717, 1.165) is 12.1 Å². The number of rotatable bonds is 4. The zero-order chi connectivity index (χ0) is 17.1. The normalized spacial score (nSPS) is 18.0. The highest BCUT2D eigenvalue weighted by Crippen LogP contribution is 2.25. The number of ether oxygens (including phenoxy) is 2. The third-order valence-corrected chi connectivity index (χ3v) is 3.76. The van der Waals surface area contributed by atoms with Crippen molar-refractivity contribution < 1.29 is 18.3 Å². The summed E-state index contributed by atoms with van der Waals surface area (Å²) in [6.45, 7) is 1.51. The standard InChI is InChI=1S/C16H17F2N3O3/c1-23-9-14-19-15(7-16(22)20-14)21-4-5-24-13(8-21)10-2-3-11(17)12(18)6-10/h2-3,6-7,13H,4-5,8-9H2,1H3,(H,19,20,22). The molecule has 1 fully saturated rings. The van der Waals surface area contributed by atoms with Crippen LogP contribution in [0.25, 0.3) is 0 Å². The third-order valence-electron chi connectivity index (χ3n) is 3.76. The van der Waals surface area contributed by atoms with Crippen LogP contribution >= 0.6 is 0 Å². The Bertz CT molecular complexity index is 781. The van der Waals surface area contributed by atoms with Gasteiger partial charge in [-0.05, 0) is 17.7 Å². The predicted octanol–water partition coefficient (Wildman–Crippen LogP) is 1.77. The lowest BCUT2D eigenvalue weighted by Gasteiger charge is -2.34. The van der Waals surface area contributed by atoms with Crippen molar-refractivity contribution in [2.24, 2.45) is 0 Å². The molecular weight excluding hydrogens is 320 g/mol. The van der Waals surface area contributed by atoms with Crippen LogP contribution in [0, 0.1) is 11.6 Å². The van der Waals surface area contributed by atoms with Gasteiger partial charge < -0.3 is 19.4 Å². The van der Waals surface area contributed by atoms with Gasteiger partial charge in [0.25, 0.3) is 5.56 Å². The van der Waals surface area contributed by atoms with Gasteiger partial charge in [-0.15, -0.1) is 0 Å². The molecular formula is C16H17F2N3O3. The van der Waals surface area contributed by atoms with Crippen molar-refractivity contribution in [3.63, 3.8) is 0 Å². The van der Waals surface area contributed by atoms with Gasteiger partial charge in [0.1, 0.15) is 24.4 Å². The Morgan fingerprint density at radius 1 is 1.38 bits per heavy atom. The van der Waals surface area contributed by atoms with Crippen molar-refractivity contribution >= 4 is 5.82 Å². The van der Waals surface area contributed by atoms with E-state index >= 15 is 0 Å². The van der Waals surface area contributed by atoms with Crippen molar-refractivity contribution in [2.45, 2.75) is 12.7 Å². The Morgan fingerprint density at radius 2 is 2.21 bits per heavy atom. The molecule has 1 aliphatic rings. The summed E-state index contributed by atoms with van der Waals surface area (Å²) in [5.74, 6) is -0.880. The minimum absolute atomic E-state index is 0.194. The number of morpholine rings is 1. The number of aromatic amines is 1. The van der Waals surface area contributed by atoms with E-state index < -0.39 is 17.7 Å². The highest BCUT2D eigenvalue weighted by atomic mass is 19.2. The predicted molar refractivity (Wildman–Crippen MR) is 82.8 cm³/mol. The van der Waals surface area contributed by atoms with Crippen molar-refractivity contribution in [3.05, 3.63) is 57.6 Å². The average Bonchev–Trinajstić information content (AvgIpc) is 2.57. The van der Waals surface area contributed by atoms with Crippen molar-refractivity contribution in [1.29, 1.82) is 0 Å². The van der Waals surface area contributed by atoms with E-state index in [9.17, 15) is 13.6 Å². The molecule has 0 radical (unpaired) electrons. The Hall–Kier alpha value is -2.32. The molecule has 2 heterocycles. The van der Waals surface area contributed by atoms with Crippen LogP contribution in [-0.4, -0.2) is 36.8 Å². The summed E-state index contributed by atoms with van der Waals surface area (Å²) in [5.41, 5.74) is 0.267. The molecule has 128 valence electrons. The minimum Gasteiger partial charge on any atom is -0.377 e. The molecule has 1 aliphatic heterocycles. The van der Waals surface area contributed by atoms with Gasteiger partial charge in [0.2, 0.25) is 0 Å². The van der Waals surface area contributed by atoms with Crippen LogP contribution in [0.15, 0.2) is 29.1 Å². The third kappa shape index (κ3) is 3.60. The first kappa shape index (κ1) is 16.5. The van der Waals surface area contributed by atoms with E-state index in [1.54, 1.807) is 0 Å². The van der Waals surface area contributed by atoms with Crippen LogP contribution in [0.5, 0.6) is 0 Å². The maximum absolute atomic E-state index is 13.4. The fourth-order valence-electron chi connectivity index (χ4n) is 2.63. The van der Waals surface area contributed by atoms with Gasteiger partial charge >= 0.3 is 0 Å². The van der Waals surface area contributed by atoms with Crippen LogP contribution < -0.4 is 10.5 Å². The summed E-state index contributed by atoms with van der Waals surface area (Å²) in [6, 6.07) is 5.10. The molecule has 1 aromatic carbocycles. The maximum atomic E-state index is 13.4. The Labute approximate surface area is 137 Å². The molecule has 0 amide bonds. The monoisotopic (exact) mass is 337 g/mol. The van der Waals surface area contributed by atoms with Gasteiger partial charge in [0, 0.05) is 26.3 Å². The molecule has 24 heavy (non-hydrogen) atoms. The molecule has 0 bridgehead atoms. The molecule has 6 nitrogen and oxygen atoms in total. The quantitative estimate of drug-likeness (QED) is 0.921. The maximum Gasteiger partial charge on any atom is 0.253 e. The molecule has 1 unspecified atom stereocenters. The number of halogens is 2. The molecule has 3 rings (SSSR count). The first-order valence-electron chi connectivity index (χ1n) is 7.47. The second-order valence-electron chi connectivity index (χ2n) is 5.46. The van der Waals surface area contributed by atoms with E-state index in [-0.39, 0.29) is 12.2 Å². The number of hydrogen-bond acceptors (Lipinski definition) is 5. The number of hydrogen-bond donors (Lipinski definition) is 1. The summed E-state index contributed by atoms with van der Waals surface area (Å²) in [7, 11) is 1.51. The number of aromatic nitrogens is 2. The zero-order valence-corrected chi connectivity index (χ0v) is 13.1. The molecule has 1 N–H and O–H groups in total. The van der Waals surface area contributed by atoms with Crippen molar-refractivity contribution in [1.82, 2.24) is 9.97 Å². The van der Waals surface area contributed by atoms with Crippen LogP contribution in [0.3, 0.4) is 0 Å². The van der Waals surface area contributed by atoms with Crippen molar-refractivity contribution in [3.8, 4) is 0 Å². The van der Waals surface area contributed by atoms with E-state index in [4.69, 9.17) is 9.47 Å². The SMILES string of the molecule is COCc1nc(N2CCOC(c3ccc(F)c(F)c3)C2)cc(=O)[nH]1. The van der Waals surface area contributed by atoms with Crippen LogP contribution in [0.4, 0.5) is 14.6 Å². The molecule has 0 aliphatic carbocycles. The smallest absolute Gasteiger partial charge is 0.253 e. The number of methoxy groups -OCH3 is 1. The molecule has 1 aromatic heterocycles. The molecule has 1 atom stereocenters. The van der Waals surface area contributed by atoms with Crippen LogP contribution in [0.1, 0.15) is 17.5 Å². The van der Waals surface area contributed by atoms with Gasteiger partial charge in [-0.3, -0.25) is 4.79 Å².